The van der Waals surface area contributed by atoms with Crippen molar-refractivity contribution in [2.75, 3.05) is 32.8 Å². The van der Waals surface area contributed by atoms with Gasteiger partial charge in [0.15, 0.2) is 0 Å². The van der Waals surface area contributed by atoms with E-state index in [0.717, 1.165) is 19.5 Å². The summed E-state index contributed by atoms with van der Waals surface area (Å²) in [6, 6.07) is 0.373. The molecular formula is C14H27F3N2O. The van der Waals surface area contributed by atoms with E-state index in [1.807, 2.05) is 0 Å². The van der Waals surface area contributed by atoms with Gasteiger partial charge < -0.3 is 10.1 Å². The molecule has 1 atom stereocenters. The summed E-state index contributed by atoms with van der Waals surface area (Å²) in [5, 5.41) is 3.50. The number of piperazine rings is 1. The molecule has 120 valence electrons. The summed E-state index contributed by atoms with van der Waals surface area (Å²) in [6.07, 6.45) is -3.19. The van der Waals surface area contributed by atoms with Gasteiger partial charge in [-0.3, -0.25) is 4.90 Å². The van der Waals surface area contributed by atoms with E-state index in [9.17, 15) is 13.2 Å². The van der Waals surface area contributed by atoms with Crippen molar-refractivity contribution in [1.29, 1.82) is 0 Å². The molecule has 0 aromatic rings. The summed E-state index contributed by atoms with van der Waals surface area (Å²) < 4.78 is 40.9. The maximum atomic E-state index is 12.0. The highest BCUT2D eigenvalue weighted by Crippen LogP contribution is 2.20. The van der Waals surface area contributed by atoms with E-state index in [0.29, 0.717) is 18.5 Å². The van der Waals surface area contributed by atoms with Gasteiger partial charge in [0.2, 0.25) is 0 Å². The second kappa shape index (κ2) is 7.09. The highest BCUT2D eigenvalue weighted by atomic mass is 19.4. The van der Waals surface area contributed by atoms with Crippen molar-refractivity contribution in [3.63, 3.8) is 0 Å². The minimum Gasteiger partial charge on any atom is -0.371 e. The number of nitrogens with zero attached hydrogens (tertiary/aromatic N) is 1. The first kappa shape index (κ1) is 17.7. The Balaban J connectivity index is 2.43. The molecule has 20 heavy (non-hydrogen) atoms. The topological polar surface area (TPSA) is 24.5 Å². The summed E-state index contributed by atoms with van der Waals surface area (Å²) >= 11 is 0. The van der Waals surface area contributed by atoms with Gasteiger partial charge in [-0.05, 0) is 26.2 Å². The van der Waals surface area contributed by atoms with Crippen LogP contribution >= 0.6 is 0 Å². The molecule has 1 N–H and O–H groups in total. The van der Waals surface area contributed by atoms with Gasteiger partial charge in [0, 0.05) is 31.2 Å². The normalized spacial score (nSPS) is 24.3. The zero-order chi connectivity index (χ0) is 15.4. The molecule has 1 rings (SSSR count). The van der Waals surface area contributed by atoms with Crippen LogP contribution in [0.25, 0.3) is 0 Å². The molecule has 6 heteroatoms. The Morgan fingerprint density at radius 2 is 2.00 bits per heavy atom. The molecule has 0 saturated carbocycles. The Morgan fingerprint density at radius 3 is 2.55 bits per heavy atom. The van der Waals surface area contributed by atoms with Crippen LogP contribution in [-0.2, 0) is 4.74 Å². The Morgan fingerprint density at radius 1 is 1.35 bits per heavy atom. The van der Waals surface area contributed by atoms with Crippen LogP contribution in [0.4, 0.5) is 13.2 Å². The van der Waals surface area contributed by atoms with Gasteiger partial charge in [-0.15, -0.1) is 0 Å². The van der Waals surface area contributed by atoms with E-state index >= 15 is 0 Å². The molecule has 0 amide bonds. The molecule has 1 aliphatic heterocycles. The SMILES string of the molecule is CC(C)CC1CNC(C)(C)CN1CCOCC(F)(F)F. The van der Waals surface area contributed by atoms with E-state index in [1.54, 1.807) is 0 Å². The van der Waals surface area contributed by atoms with Crippen molar-refractivity contribution < 1.29 is 17.9 Å². The van der Waals surface area contributed by atoms with E-state index in [4.69, 9.17) is 4.74 Å². The summed E-state index contributed by atoms with van der Waals surface area (Å²) in [4.78, 5) is 2.26. The first-order valence-corrected chi connectivity index (χ1v) is 7.23. The van der Waals surface area contributed by atoms with Gasteiger partial charge in [-0.2, -0.15) is 13.2 Å². The minimum absolute atomic E-state index is 0.00247. The van der Waals surface area contributed by atoms with Crippen LogP contribution in [0.15, 0.2) is 0 Å². The van der Waals surface area contributed by atoms with Gasteiger partial charge >= 0.3 is 6.18 Å². The van der Waals surface area contributed by atoms with Crippen molar-refractivity contribution in [3.8, 4) is 0 Å². The largest absolute Gasteiger partial charge is 0.411 e. The number of alkyl halides is 3. The van der Waals surface area contributed by atoms with Crippen molar-refractivity contribution >= 4 is 0 Å². The predicted molar refractivity (Wildman–Crippen MR) is 73.8 cm³/mol. The molecule has 0 aromatic heterocycles. The van der Waals surface area contributed by atoms with Crippen LogP contribution in [0.3, 0.4) is 0 Å². The molecule has 1 aliphatic rings. The lowest BCUT2D eigenvalue weighted by atomic mass is 9.94. The number of hydrogen-bond acceptors (Lipinski definition) is 3. The number of halogens is 3. The Bertz CT molecular complexity index is 293. The Hall–Kier alpha value is -0.330. The lowest BCUT2D eigenvalue weighted by Gasteiger charge is -2.45. The zero-order valence-electron chi connectivity index (χ0n) is 12.9. The average molecular weight is 296 g/mol. The molecule has 1 heterocycles. The van der Waals surface area contributed by atoms with Gasteiger partial charge in [0.05, 0.1) is 6.61 Å². The molecular weight excluding hydrogens is 269 g/mol. The highest BCUT2D eigenvalue weighted by molar-refractivity contribution is 4.92. The molecule has 1 unspecified atom stereocenters. The number of hydrogen-bond donors (Lipinski definition) is 1. The Kier molecular flexibility index (Phi) is 6.28. The van der Waals surface area contributed by atoms with E-state index in [-0.39, 0.29) is 12.1 Å². The fraction of sp³-hybridized carbons (Fsp3) is 1.00. The van der Waals surface area contributed by atoms with Crippen LogP contribution in [0.1, 0.15) is 34.1 Å². The van der Waals surface area contributed by atoms with Crippen LogP contribution in [0, 0.1) is 5.92 Å². The molecule has 0 radical (unpaired) electrons. The van der Waals surface area contributed by atoms with Gasteiger partial charge in [0.1, 0.15) is 6.61 Å². The number of ether oxygens (including phenoxy) is 1. The van der Waals surface area contributed by atoms with E-state index in [2.05, 4.69) is 37.9 Å². The van der Waals surface area contributed by atoms with Gasteiger partial charge in [-0.1, -0.05) is 13.8 Å². The van der Waals surface area contributed by atoms with Crippen LogP contribution in [0.5, 0.6) is 0 Å². The third-order valence-electron chi connectivity index (χ3n) is 3.46. The highest BCUT2D eigenvalue weighted by Gasteiger charge is 2.33. The predicted octanol–water partition coefficient (Wildman–Crippen LogP) is 2.66. The fourth-order valence-electron chi connectivity index (χ4n) is 2.62. The second-order valence-corrected chi connectivity index (χ2v) is 6.69. The first-order valence-electron chi connectivity index (χ1n) is 7.23. The summed E-state index contributed by atoms with van der Waals surface area (Å²) in [5.41, 5.74) is -0.00247. The van der Waals surface area contributed by atoms with Crippen molar-refractivity contribution in [2.45, 2.75) is 51.9 Å². The quantitative estimate of drug-likeness (QED) is 0.763. The number of rotatable bonds is 6. The summed E-state index contributed by atoms with van der Waals surface area (Å²) in [5.74, 6) is 0.571. The van der Waals surface area contributed by atoms with Crippen molar-refractivity contribution in [2.24, 2.45) is 5.92 Å². The summed E-state index contributed by atoms with van der Waals surface area (Å²) in [6.45, 7) is 9.80. The molecule has 1 fully saturated rings. The van der Waals surface area contributed by atoms with Crippen LogP contribution in [0.2, 0.25) is 0 Å². The fourth-order valence-corrected chi connectivity index (χ4v) is 2.62. The molecule has 1 saturated heterocycles. The maximum Gasteiger partial charge on any atom is 0.411 e. The van der Waals surface area contributed by atoms with Gasteiger partial charge in [-0.25, -0.2) is 0 Å². The number of nitrogens with one attached hydrogen (secondary N) is 1. The lowest BCUT2D eigenvalue weighted by Crippen LogP contribution is -2.62. The lowest BCUT2D eigenvalue weighted by molar-refractivity contribution is -0.175. The minimum atomic E-state index is -4.24. The molecule has 0 bridgehead atoms. The van der Waals surface area contributed by atoms with E-state index in [1.165, 1.54) is 0 Å². The van der Waals surface area contributed by atoms with Crippen molar-refractivity contribution in [3.05, 3.63) is 0 Å². The van der Waals surface area contributed by atoms with Crippen LogP contribution < -0.4 is 5.32 Å². The molecule has 0 aromatic carbocycles. The monoisotopic (exact) mass is 296 g/mol. The smallest absolute Gasteiger partial charge is 0.371 e. The third kappa shape index (κ3) is 6.90. The standard InChI is InChI=1S/C14H27F3N2O/c1-11(2)7-12-8-18-13(3,4)9-19(12)5-6-20-10-14(15,16)17/h11-12,18H,5-10H2,1-4H3. The maximum absolute atomic E-state index is 12.0. The van der Waals surface area contributed by atoms with E-state index < -0.39 is 12.8 Å². The second-order valence-electron chi connectivity index (χ2n) is 6.69. The van der Waals surface area contributed by atoms with Gasteiger partial charge in [0.25, 0.3) is 0 Å². The third-order valence-corrected chi connectivity index (χ3v) is 3.46. The molecule has 0 spiro atoms. The van der Waals surface area contributed by atoms with Crippen LogP contribution in [-0.4, -0.2) is 55.5 Å². The Labute approximate surface area is 119 Å². The van der Waals surface area contributed by atoms with Crippen molar-refractivity contribution in [1.82, 2.24) is 10.2 Å². The average Bonchev–Trinajstić information content (AvgIpc) is 2.25. The zero-order valence-corrected chi connectivity index (χ0v) is 12.9. The summed E-state index contributed by atoms with van der Waals surface area (Å²) in [7, 11) is 0. The first-order chi connectivity index (χ1) is 9.09. The molecule has 0 aliphatic carbocycles. The molecule has 3 nitrogen and oxygen atoms in total.